The van der Waals surface area contributed by atoms with Crippen LogP contribution in [0.25, 0.3) is 0 Å². The molecule has 132 valence electrons. The van der Waals surface area contributed by atoms with Gasteiger partial charge in [0, 0.05) is 0 Å². The molecule has 2 amide bonds. The first-order valence-corrected chi connectivity index (χ1v) is 8.40. The van der Waals surface area contributed by atoms with Crippen molar-refractivity contribution in [2.24, 2.45) is 10.3 Å². The summed E-state index contributed by atoms with van der Waals surface area (Å²) in [5.41, 5.74) is 1.27. The monoisotopic (exact) mass is 370 g/mol. The number of anilines is 1. The Kier molecular flexibility index (Phi) is 4.08. The third-order valence-corrected chi connectivity index (χ3v) is 4.75. The predicted octanol–water partition coefficient (Wildman–Crippen LogP) is 2.84. The fourth-order valence-corrected chi connectivity index (χ4v) is 3.40. The summed E-state index contributed by atoms with van der Waals surface area (Å²) in [6, 6.07) is 12.6. The van der Waals surface area contributed by atoms with Crippen LogP contribution in [0, 0.1) is 0 Å². The van der Waals surface area contributed by atoms with Crippen LogP contribution in [0.1, 0.15) is 5.56 Å². The maximum atomic E-state index is 12.9. The first-order valence-electron chi connectivity index (χ1n) is 8.03. The number of amides is 2. The lowest BCUT2D eigenvalue weighted by atomic mass is 10.1. The largest absolute Gasteiger partial charge is 0.497 e. The topological polar surface area (TPSA) is 74.6 Å². The lowest BCUT2D eigenvalue weighted by molar-refractivity contribution is -0.123. The molecule has 26 heavy (non-hydrogen) atoms. The highest BCUT2D eigenvalue weighted by Crippen LogP contribution is 2.35. The Labute approximate surface area is 154 Å². The van der Waals surface area contributed by atoms with Crippen molar-refractivity contribution >= 4 is 29.1 Å². The first kappa shape index (κ1) is 16.5. The van der Waals surface area contributed by atoms with Crippen LogP contribution in [0.2, 0.25) is 5.02 Å². The van der Waals surface area contributed by atoms with E-state index in [1.165, 1.54) is 5.01 Å². The smallest absolute Gasteiger partial charge is 0.263 e. The summed E-state index contributed by atoms with van der Waals surface area (Å²) in [4.78, 5) is 26.7. The minimum absolute atomic E-state index is 0.338. The van der Waals surface area contributed by atoms with Crippen LogP contribution >= 0.6 is 11.6 Å². The molecular formula is C18H15ClN4O3. The Hall–Kier alpha value is -2.93. The second-order valence-electron chi connectivity index (χ2n) is 6.01. The van der Waals surface area contributed by atoms with E-state index in [0.29, 0.717) is 23.0 Å². The molecule has 7 nitrogen and oxygen atoms in total. The van der Waals surface area contributed by atoms with Crippen LogP contribution in [-0.2, 0) is 16.1 Å². The molecule has 2 heterocycles. The Bertz CT molecular complexity index is 917. The zero-order valence-corrected chi connectivity index (χ0v) is 14.6. The minimum atomic E-state index is -0.843. The number of imide groups is 1. The molecule has 0 bridgehead atoms. The molecule has 2 aliphatic heterocycles. The van der Waals surface area contributed by atoms with Crippen LogP contribution in [0.3, 0.4) is 0 Å². The van der Waals surface area contributed by atoms with Crippen molar-refractivity contribution in [3.8, 4) is 5.75 Å². The highest BCUT2D eigenvalue weighted by Gasteiger charge is 2.55. The van der Waals surface area contributed by atoms with Crippen molar-refractivity contribution in [1.29, 1.82) is 0 Å². The van der Waals surface area contributed by atoms with E-state index in [4.69, 9.17) is 16.3 Å². The Morgan fingerprint density at radius 3 is 2.69 bits per heavy atom. The van der Waals surface area contributed by atoms with Gasteiger partial charge >= 0.3 is 0 Å². The molecule has 2 atom stereocenters. The molecule has 0 unspecified atom stereocenters. The number of carbonyl (C=O) groups excluding carboxylic acids is 2. The fourth-order valence-electron chi connectivity index (χ4n) is 3.18. The molecule has 4 rings (SSSR count). The van der Waals surface area contributed by atoms with Gasteiger partial charge in [0.05, 0.1) is 24.4 Å². The van der Waals surface area contributed by atoms with Crippen LogP contribution in [0.15, 0.2) is 58.9 Å². The highest BCUT2D eigenvalue weighted by atomic mass is 35.5. The number of nitrogens with zero attached hydrogens (tertiary/aromatic N) is 4. The molecule has 1 saturated heterocycles. The number of fused-ring (bicyclic) bond motifs is 1. The molecule has 1 fully saturated rings. The third kappa shape index (κ3) is 2.61. The van der Waals surface area contributed by atoms with Gasteiger partial charge in [-0.1, -0.05) is 41.1 Å². The molecule has 0 radical (unpaired) electrons. The first-order chi connectivity index (χ1) is 12.6. The number of benzene rings is 2. The van der Waals surface area contributed by atoms with Gasteiger partial charge in [-0.25, -0.2) is 4.90 Å². The number of rotatable bonds is 4. The van der Waals surface area contributed by atoms with Crippen LogP contribution in [-0.4, -0.2) is 36.0 Å². The molecule has 8 heteroatoms. The molecule has 0 spiro atoms. The van der Waals surface area contributed by atoms with Gasteiger partial charge in [0.1, 0.15) is 5.75 Å². The third-order valence-electron chi connectivity index (χ3n) is 4.43. The van der Waals surface area contributed by atoms with Crippen molar-refractivity contribution in [1.82, 2.24) is 5.01 Å². The van der Waals surface area contributed by atoms with Gasteiger partial charge < -0.3 is 4.74 Å². The van der Waals surface area contributed by atoms with E-state index in [0.717, 1.165) is 10.5 Å². The zero-order chi connectivity index (χ0) is 18.3. The van der Waals surface area contributed by atoms with Gasteiger partial charge in [0.2, 0.25) is 0 Å². The van der Waals surface area contributed by atoms with E-state index in [9.17, 15) is 9.59 Å². The molecule has 0 aromatic heterocycles. The summed E-state index contributed by atoms with van der Waals surface area (Å²) >= 11 is 6.16. The highest BCUT2D eigenvalue weighted by molar-refractivity contribution is 6.36. The van der Waals surface area contributed by atoms with E-state index in [2.05, 4.69) is 10.3 Å². The average Bonchev–Trinajstić information content (AvgIpc) is 3.16. The Balaban J connectivity index is 1.61. The number of halogens is 1. The zero-order valence-electron chi connectivity index (χ0n) is 13.9. The predicted molar refractivity (Wildman–Crippen MR) is 94.9 cm³/mol. The summed E-state index contributed by atoms with van der Waals surface area (Å²) < 4.78 is 5.22. The van der Waals surface area contributed by atoms with E-state index >= 15 is 0 Å². The number of hydrogen-bond acceptors (Lipinski definition) is 6. The van der Waals surface area contributed by atoms with Crippen LogP contribution in [0.4, 0.5) is 5.69 Å². The van der Waals surface area contributed by atoms with Gasteiger partial charge in [-0.15, -0.1) is 0 Å². The Morgan fingerprint density at radius 2 is 1.92 bits per heavy atom. The van der Waals surface area contributed by atoms with Crippen molar-refractivity contribution in [2.45, 2.75) is 18.6 Å². The number of para-hydroxylation sites is 1. The summed E-state index contributed by atoms with van der Waals surface area (Å²) in [6.45, 7) is 0.344. The number of ether oxygens (including phenoxy) is 1. The summed E-state index contributed by atoms with van der Waals surface area (Å²) in [6.07, 6.45) is 0. The fraction of sp³-hybridized carbons (Fsp3) is 0.222. The van der Waals surface area contributed by atoms with Crippen LogP contribution in [0.5, 0.6) is 5.75 Å². The summed E-state index contributed by atoms with van der Waals surface area (Å²) in [5, 5.41) is 9.93. The lowest BCUT2D eigenvalue weighted by Gasteiger charge is -2.21. The molecule has 2 aliphatic rings. The lowest BCUT2D eigenvalue weighted by Crippen LogP contribution is -2.39. The summed E-state index contributed by atoms with van der Waals surface area (Å²) in [7, 11) is 1.59. The van der Waals surface area contributed by atoms with Crippen molar-refractivity contribution in [3.05, 3.63) is 59.1 Å². The van der Waals surface area contributed by atoms with Gasteiger partial charge in [-0.2, -0.15) is 5.11 Å². The second-order valence-corrected chi connectivity index (χ2v) is 6.41. The van der Waals surface area contributed by atoms with Gasteiger partial charge in [0.15, 0.2) is 12.1 Å². The minimum Gasteiger partial charge on any atom is -0.497 e. The van der Waals surface area contributed by atoms with Crippen LogP contribution < -0.4 is 9.64 Å². The number of carbonyl (C=O) groups is 2. The quantitative estimate of drug-likeness (QED) is 0.775. The average molecular weight is 371 g/mol. The molecular weight excluding hydrogens is 356 g/mol. The summed E-state index contributed by atoms with van der Waals surface area (Å²) in [5.74, 6) is -0.0762. The normalized spacial score (nSPS) is 21.5. The van der Waals surface area contributed by atoms with E-state index in [1.807, 2.05) is 24.3 Å². The number of hydrogen-bond donors (Lipinski definition) is 0. The van der Waals surface area contributed by atoms with E-state index in [-0.39, 0.29) is 5.91 Å². The molecule has 0 saturated carbocycles. The maximum absolute atomic E-state index is 12.9. The molecule has 0 aliphatic carbocycles. The van der Waals surface area contributed by atoms with Crippen molar-refractivity contribution in [3.63, 3.8) is 0 Å². The van der Waals surface area contributed by atoms with Gasteiger partial charge in [0.25, 0.3) is 11.8 Å². The van der Waals surface area contributed by atoms with E-state index in [1.54, 1.807) is 31.4 Å². The van der Waals surface area contributed by atoms with Gasteiger partial charge in [-0.3, -0.25) is 14.6 Å². The van der Waals surface area contributed by atoms with Crippen molar-refractivity contribution in [2.75, 3.05) is 12.0 Å². The number of methoxy groups -OCH3 is 1. The molecule has 2 aromatic carbocycles. The molecule has 2 aromatic rings. The molecule has 0 N–H and O–H groups in total. The standard InChI is InChI=1S/C18H15ClN4O3/c1-26-12-6-4-5-11(9-12)10-22-16-15(20-21-22)17(24)23(18(16)25)14-8-3-2-7-13(14)19/h2-9,15-16H,10H2,1H3/t15-,16-/m1/s1. The van der Waals surface area contributed by atoms with E-state index < -0.39 is 18.0 Å². The van der Waals surface area contributed by atoms with Gasteiger partial charge in [-0.05, 0) is 29.8 Å². The van der Waals surface area contributed by atoms with Crippen molar-refractivity contribution < 1.29 is 14.3 Å². The maximum Gasteiger partial charge on any atom is 0.263 e. The SMILES string of the molecule is COc1cccc(CN2N=N[C@H]3C(=O)N(c4ccccc4Cl)C(=O)[C@@H]32)c1. The second kappa shape index (κ2) is 6.42. The Morgan fingerprint density at radius 1 is 1.12 bits per heavy atom.